The molecule has 34 heavy (non-hydrogen) atoms. The van der Waals surface area contributed by atoms with Crippen LogP contribution in [0.15, 0.2) is 24.3 Å². The molecule has 3 heterocycles. The third-order valence-corrected chi connectivity index (χ3v) is 7.51. The number of imide groups is 1. The van der Waals surface area contributed by atoms with E-state index in [0.717, 1.165) is 11.3 Å². The van der Waals surface area contributed by atoms with Crippen LogP contribution in [0.2, 0.25) is 0 Å². The quantitative estimate of drug-likeness (QED) is 0.412. The van der Waals surface area contributed by atoms with Gasteiger partial charge < -0.3 is 25.6 Å². The fourth-order valence-corrected chi connectivity index (χ4v) is 5.53. The number of amides is 4. The van der Waals surface area contributed by atoms with Crippen molar-refractivity contribution in [1.82, 2.24) is 25.8 Å². The molecule has 184 valence electrons. The molecule has 0 unspecified atom stereocenters. The average molecular weight is 488 g/mol. The molecule has 3 aliphatic heterocycles. The maximum absolute atomic E-state index is 13.3. The van der Waals surface area contributed by atoms with E-state index in [2.05, 4.69) is 16.0 Å². The highest BCUT2D eigenvalue weighted by Gasteiger charge is 2.52. The van der Waals surface area contributed by atoms with Gasteiger partial charge in [0.1, 0.15) is 17.3 Å². The van der Waals surface area contributed by atoms with Gasteiger partial charge in [0.15, 0.2) is 5.11 Å². The zero-order valence-electron chi connectivity index (χ0n) is 19.9. The number of hydrogen-bond acceptors (Lipinski definition) is 5. The molecule has 3 atom stereocenters. The van der Waals surface area contributed by atoms with Gasteiger partial charge in [0.25, 0.3) is 5.91 Å². The Balaban J connectivity index is 1.33. The van der Waals surface area contributed by atoms with Crippen molar-refractivity contribution >= 4 is 35.2 Å². The lowest BCUT2D eigenvalue weighted by Gasteiger charge is -2.41. The van der Waals surface area contributed by atoms with E-state index in [1.807, 2.05) is 43.0 Å². The monoisotopic (exact) mass is 487 g/mol. The molecule has 1 aromatic rings. The number of urea groups is 1. The number of rotatable bonds is 6. The number of carbonyl (C=O) groups is 3. The van der Waals surface area contributed by atoms with Crippen LogP contribution in [0.4, 0.5) is 4.79 Å². The van der Waals surface area contributed by atoms with Gasteiger partial charge in [-0.15, -0.1) is 0 Å². The molecule has 10 heteroatoms. The van der Waals surface area contributed by atoms with Crippen LogP contribution in [0.3, 0.4) is 0 Å². The van der Waals surface area contributed by atoms with Crippen LogP contribution in [0.5, 0.6) is 5.75 Å². The Morgan fingerprint density at radius 2 is 1.85 bits per heavy atom. The van der Waals surface area contributed by atoms with Gasteiger partial charge in [-0.1, -0.05) is 12.1 Å². The molecule has 1 aromatic carbocycles. The van der Waals surface area contributed by atoms with Crippen LogP contribution in [0.1, 0.15) is 38.7 Å². The average Bonchev–Trinajstić information content (AvgIpc) is 3.05. The minimum Gasteiger partial charge on any atom is -0.497 e. The molecule has 0 saturated carbocycles. The fraction of sp³-hybridized carbons (Fsp3) is 0.583. The van der Waals surface area contributed by atoms with E-state index >= 15 is 0 Å². The molecule has 0 bridgehead atoms. The van der Waals surface area contributed by atoms with Gasteiger partial charge in [-0.05, 0) is 75.4 Å². The Labute approximate surface area is 205 Å². The summed E-state index contributed by atoms with van der Waals surface area (Å²) >= 11 is 5.20. The summed E-state index contributed by atoms with van der Waals surface area (Å²) in [5.74, 6) is 0.599. The molecule has 4 rings (SSSR count). The third-order valence-electron chi connectivity index (χ3n) is 7.28. The van der Waals surface area contributed by atoms with Gasteiger partial charge in [0, 0.05) is 25.7 Å². The first-order chi connectivity index (χ1) is 16.2. The first kappa shape index (κ1) is 24.3. The fourth-order valence-electron chi connectivity index (χ4n) is 5.18. The second-order valence-corrected chi connectivity index (χ2v) is 10.0. The van der Waals surface area contributed by atoms with E-state index in [-0.39, 0.29) is 35.8 Å². The molecular weight excluding hydrogens is 454 g/mol. The Kier molecular flexibility index (Phi) is 6.97. The highest BCUT2D eigenvalue weighted by atomic mass is 32.1. The van der Waals surface area contributed by atoms with E-state index in [1.54, 1.807) is 7.11 Å². The summed E-state index contributed by atoms with van der Waals surface area (Å²) in [5, 5.41) is 9.65. The standard InChI is InChI=1S/C24H33N5O4S/c1-15-14-19(26-22(34)25-15)20(30)28-11-9-17(10-12-28)24(2)21(31)29(23(32)27-24)13-8-16-4-6-18(33-3)7-5-16/h4-7,15,17,19H,8-14H2,1-3H3,(H,27,32)(H2,25,26,34)/t15-,19+,24+/m1/s1. The molecule has 0 aliphatic carbocycles. The Morgan fingerprint density at radius 3 is 2.47 bits per heavy atom. The normalized spacial score (nSPS) is 27.8. The zero-order chi connectivity index (χ0) is 24.5. The molecule has 3 aliphatic rings. The zero-order valence-corrected chi connectivity index (χ0v) is 20.7. The van der Waals surface area contributed by atoms with Crippen molar-refractivity contribution in [2.75, 3.05) is 26.7 Å². The topological polar surface area (TPSA) is 103 Å². The maximum atomic E-state index is 13.3. The van der Waals surface area contributed by atoms with E-state index in [1.165, 1.54) is 4.90 Å². The Bertz CT molecular complexity index is 963. The van der Waals surface area contributed by atoms with Crippen LogP contribution < -0.4 is 20.7 Å². The number of thiocarbonyl (C=S) groups is 1. The van der Waals surface area contributed by atoms with Gasteiger partial charge in [0.2, 0.25) is 5.91 Å². The van der Waals surface area contributed by atoms with E-state index in [9.17, 15) is 14.4 Å². The largest absolute Gasteiger partial charge is 0.497 e. The number of methoxy groups -OCH3 is 1. The van der Waals surface area contributed by atoms with E-state index < -0.39 is 5.54 Å². The van der Waals surface area contributed by atoms with Crippen molar-refractivity contribution in [3.05, 3.63) is 29.8 Å². The van der Waals surface area contributed by atoms with Crippen molar-refractivity contribution in [3.8, 4) is 5.75 Å². The Hall–Kier alpha value is -2.88. The first-order valence-electron chi connectivity index (χ1n) is 11.8. The highest BCUT2D eigenvalue weighted by Crippen LogP contribution is 2.34. The number of ether oxygens (including phenoxy) is 1. The summed E-state index contributed by atoms with van der Waals surface area (Å²) in [7, 11) is 1.61. The van der Waals surface area contributed by atoms with Gasteiger partial charge in [0.05, 0.1) is 7.11 Å². The SMILES string of the molecule is COc1ccc(CCN2C(=O)N[C@@](C)(C3CCN(C(=O)[C@@H]4C[C@@H](C)NC(=S)N4)CC3)C2=O)cc1. The third kappa shape index (κ3) is 4.82. The highest BCUT2D eigenvalue weighted by molar-refractivity contribution is 7.80. The van der Waals surface area contributed by atoms with Crippen molar-refractivity contribution < 1.29 is 19.1 Å². The van der Waals surface area contributed by atoms with Crippen LogP contribution in [-0.2, 0) is 16.0 Å². The smallest absolute Gasteiger partial charge is 0.325 e. The van der Waals surface area contributed by atoms with Gasteiger partial charge >= 0.3 is 6.03 Å². The summed E-state index contributed by atoms with van der Waals surface area (Å²) in [6, 6.07) is 7.09. The van der Waals surface area contributed by atoms with Crippen LogP contribution >= 0.6 is 12.2 Å². The van der Waals surface area contributed by atoms with Crippen LogP contribution in [0, 0.1) is 5.92 Å². The molecule has 0 aromatic heterocycles. The van der Waals surface area contributed by atoms with Gasteiger partial charge in [-0.25, -0.2) is 4.79 Å². The second kappa shape index (κ2) is 9.77. The summed E-state index contributed by atoms with van der Waals surface area (Å²) in [4.78, 5) is 42.2. The van der Waals surface area contributed by atoms with Gasteiger partial charge in [-0.3, -0.25) is 14.5 Å². The minimum atomic E-state index is -0.949. The van der Waals surface area contributed by atoms with Crippen molar-refractivity contribution in [2.45, 2.75) is 57.2 Å². The van der Waals surface area contributed by atoms with Crippen molar-refractivity contribution in [1.29, 1.82) is 0 Å². The number of nitrogens with zero attached hydrogens (tertiary/aromatic N) is 2. The lowest BCUT2D eigenvalue weighted by atomic mass is 9.78. The van der Waals surface area contributed by atoms with Crippen molar-refractivity contribution in [3.63, 3.8) is 0 Å². The summed E-state index contributed by atoms with van der Waals surface area (Å²) in [5.41, 5.74) is 0.0806. The number of carbonyl (C=O) groups excluding carboxylic acids is 3. The summed E-state index contributed by atoms with van der Waals surface area (Å²) < 4.78 is 5.18. The number of benzene rings is 1. The summed E-state index contributed by atoms with van der Waals surface area (Å²) in [6.45, 7) is 5.26. The number of likely N-dealkylation sites (tertiary alicyclic amines) is 1. The number of piperidine rings is 1. The van der Waals surface area contributed by atoms with Crippen LogP contribution in [0.25, 0.3) is 0 Å². The van der Waals surface area contributed by atoms with Gasteiger partial charge in [-0.2, -0.15) is 0 Å². The predicted octanol–water partition coefficient (Wildman–Crippen LogP) is 1.41. The molecule has 3 saturated heterocycles. The number of hydrogen-bond donors (Lipinski definition) is 3. The second-order valence-electron chi connectivity index (χ2n) is 9.59. The molecule has 0 radical (unpaired) electrons. The molecule has 4 amide bonds. The van der Waals surface area contributed by atoms with Crippen molar-refractivity contribution in [2.24, 2.45) is 5.92 Å². The van der Waals surface area contributed by atoms with E-state index in [4.69, 9.17) is 17.0 Å². The van der Waals surface area contributed by atoms with E-state index in [0.29, 0.717) is 50.4 Å². The molecular formula is C24H33N5O4S. The lowest BCUT2D eigenvalue weighted by Crippen LogP contribution is -2.60. The molecule has 0 spiro atoms. The predicted molar refractivity (Wildman–Crippen MR) is 131 cm³/mol. The summed E-state index contributed by atoms with van der Waals surface area (Å²) in [6.07, 6.45) is 2.57. The Morgan fingerprint density at radius 1 is 1.18 bits per heavy atom. The molecule has 9 nitrogen and oxygen atoms in total. The molecule has 3 N–H and O–H groups in total. The first-order valence-corrected chi connectivity index (χ1v) is 12.2. The minimum absolute atomic E-state index is 0.0278. The lowest BCUT2D eigenvalue weighted by molar-refractivity contribution is -0.137. The maximum Gasteiger partial charge on any atom is 0.325 e. The molecule has 3 fully saturated rings. The van der Waals surface area contributed by atoms with Crippen LogP contribution in [-0.4, -0.2) is 77.1 Å². The number of nitrogens with one attached hydrogen (secondary N) is 3.